The third-order valence-electron chi connectivity index (χ3n) is 6.34. The number of benzene rings is 2. The van der Waals surface area contributed by atoms with E-state index in [0.717, 1.165) is 5.56 Å². The molecule has 206 valence electrons. The van der Waals surface area contributed by atoms with Crippen molar-refractivity contribution in [1.82, 2.24) is 4.57 Å². The molecule has 0 fully saturated rings. The molecule has 11 heteroatoms. The molecule has 0 saturated heterocycles. The van der Waals surface area contributed by atoms with Gasteiger partial charge in [-0.1, -0.05) is 38.9 Å². The van der Waals surface area contributed by atoms with E-state index in [2.05, 4.69) is 20.9 Å². The molecule has 1 atom stereocenters. The van der Waals surface area contributed by atoms with Gasteiger partial charge >= 0.3 is 5.97 Å². The van der Waals surface area contributed by atoms with Crippen LogP contribution in [0.4, 0.5) is 0 Å². The highest BCUT2D eigenvalue weighted by atomic mass is 79.9. The number of nitrogens with zero attached hydrogens (tertiary/aromatic N) is 2. The summed E-state index contributed by atoms with van der Waals surface area (Å²) in [4.78, 5) is 32.2. The van der Waals surface area contributed by atoms with Gasteiger partial charge in [0.25, 0.3) is 5.56 Å². The maximum Gasteiger partial charge on any atom is 0.338 e. The zero-order valence-corrected chi connectivity index (χ0v) is 25.1. The molecule has 2 aromatic heterocycles. The second kappa shape index (κ2) is 11.5. The summed E-state index contributed by atoms with van der Waals surface area (Å²) in [6.45, 7) is 3.64. The fraction of sp³-hybridized carbons (Fsp3) is 0.207. The van der Waals surface area contributed by atoms with Crippen LogP contribution in [-0.2, 0) is 9.53 Å². The lowest BCUT2D eigenvalue weighted by molar-refractivity contribution is -0.139. The molecule has 3 heterocycles. The summed E-state index contributed by atoms with van der Waals surface area (Å²) in [6, 6.07) is 13.6. The van der Waals surface area contributed by atoms with Crippen molar-refractivity contribution in [3.63, 3.8) is 0 Å². The number of hydrogen-bond donors (Lipinski definition) is 0. The normalized spacial score (nSPS) is 15.1. The predicted molar refractivity (Wildman–Crippen MR) is 157 cm³/mol. The predicted octanol–water partition coefficient (Wildman–Crippen LogP) is 5.49. The number of esters is 1. The van der Waals surface area contributed by atoms with Gasteiger partial charge in [-0.15, -0.1) is 0 Å². The SMILES string of the molecule is CCOC(=O)C1=C(C)N=c2s/c(=C\c3ccc(-c4ccc(Cl)cc4)o3)c(=O)n2[C@H]1c1cc(OC)c(OC)cc1Br. The Kier molecular flexibility index (Phi) is 8.02. The van der Waals surface area contributed by atoms with Crippen molar-refractivity contribution >= 4 is 50.9 Å². The summed E-state index contributed by atoms with van der Waals surface area (Å²) in [6.07, 6.45) is 1.67. The average molecular weight is 644 g/mol. The Morgan fingerprint density at radius 1 is 1.15 bits per heavy atom. The van der Waals surface area contributed by atoms with E-state index in [1.165, 1.54) is 30.1 Å². The lowest BCUT2D eigenvalue weighted by Crippen LogP contribution is -2.40. The van der Waals surface area contributed by atoms with E-state index in [-0.39, 0.29) is 17.7 Å². The third kappa shape index (κ3) is 5.14. The molecule has 0 N–H and O–H groups in total. The maximum absolute atomic E-state index is 13.9. The molecule has 0 aliphatic carbocycles. The van der Waals surface area contributed by atoms with Crippen LogP contribution in [0.1, 0.15) is 31.2 Å². The minimum absolute atomic E-state index is 0.175. The van der Waals surface area contributed by atoms with Gasteiger partial charge in [-0.05, 0) is 67.9 Å². The lowest BCUT2D eigenvalue weighted by Gasteiger charge is -2.26. The smallest absolute Gasteiger partial charge is 0.338 e. The molecule has 0 amide bonds. The van der Waals surface area contributed by atoms with Crippen molar-refractivity contribution in [3.05, 3.63) is 100 Å². The van der Waals surface area contributed by atoms with Gasteiger partial charge in [-0.2, -0.15) is 0 Å². The van der Waals surface area contributed by atoms with Gasteiger partial charge in [0.05, 0.1) is 42.7 Å². The van der Waals surface area contributed by atoms with Gasteiger partial charge in [0, 0.05) is 21.1 Å². The van der Waals surface area contributed by atoms with Gasteiger partial charge in [-0.25, -0.2) is 9.79 Å². The number of methoxy groups -OCH3 is 2. The number of rotatable bonds is 7. The van der Waals surface area contributed by atoms with Crippen molar-refractivity contribution < 1.29 is 23.4 Å². The molecular weight excluding hydrogens is 620 g/mol. The first-order valence-electron chi connectivity index (χ1n) is 12.2. The molecule has 1 aliphatic heterocycles. The Morgan fingerprint density at radius 3 is 2.52 bits per heavy atom. The largest absolute Gasteiger partial charge is 0.493 e. The van der Waals surface area contributed by atoms with Gasteiger partial charge in [0.2, 0.25) is 0 Å². The fourth-order valence-corrected chi connectivity index (χ4v) is 6.19. The van der Waals surface area contributed by atoms with E-state index in [1.54, 1.807) is 50.3 Å². The monoisotopic (exact) mass is 642 g/mol. The maximum atomic E-state index is 13.9. The highest BCUT2D eigenvalue weighted by Gasteiger charge is 2.35. The molecule has 1 aliphatic rings. The van der Waals surface area contributed by atoms with Crippen LogP contribution < -0.4 is 24.4 Å². The standard InChI is InChI=1S/C29H24BrClN2O6S/c1-5-38-28(35)25-15(2)32-29-33(26(25)19-13-22(36-3)23(37-4)14-20(19)30)27(34)24(40-29)12-18-10-11-21(39-18)16-6-8-17(31)9-7-16/h6-14,26H,5H2,1-4H3/b24-12-/t26-/m0/s1. The first-order valence-corrected chi connectivity index (χ1v) is 14.2. The summed E-state index contributed by atoms with van der Waals surface area (Å²) in [5.41, 5.74) is 1.87. The summed E-state index contributed by atoms with van der Waals surface area (Å²) in [5.74, 6) is 1.54. The molecule has 4 aromatic rings. The minimum atomic E-state index is -0.826. The first-order chi connectivity index (χ1) is 19.2. The van der Waals surface area contributed by atoms with Crippen LogP contribution in [0.5, 0.6) is 11.5 Å². The lowest BCUT2D eigenvalue weighted by atomic mass is 9.95. The molecule has 5 rings (SSSR count). The first kappa shape index (κ1) is 27.9. The second-order valence-corrected chi connectivity index (χ2v) is 11.0. The molecule has 0 spiro atoms. The zero-order chi connectivity index (χ0) is 28.6. The number of hydrogen-bond acceptors (Lipinski definition) is 8. The van der Waals surface area contributed by atoms with Crippen molar-refractivity contribution in [2.75, 3.05) is 20.8 Å². The van der Waals surface area contributed by atoms with Crippen molar-refractivity contribution in [1.29, 1.82) is 0 Å². The number of fused-ring (bicyclic) bond motifs is 1. The molecular formula is C29H24BrClN2O6S. The Hall–Kier alpha value is -3.60. The Balaban J connectivity index is 1.68. The summed E-state index contributed by atoms with van der Waals surface area (Å²) < 4.78 is 24.9. The quantitative estimate of drug-likeness (QED) is 0.247. The van der Waals surface area contributed by atoms with Gasteiger partial charge < -0.3 is 18.6 Å². The molecule has 0 unspecified atom stereocenters. The number of carbonyl (C=O) groups excluding carboxylic acids is 1. The molecule has 8 nitrogen and oxygen atoms in total. The highest BCUT2D eigenvalue weighted by molar-refractivity contribution is 9.10. The Bertz CT molecular complexity index is 1820. The van der Waals surface area contributed by atoms with Crippen LogP contribution >= 0.6 is 38.9 Å². The van der Waals surface area contributed by atoms with Gasteiger partial charge in [0.1, 0.15) is 11.5 Å². The summed E-state index contributed by atoms with van der Waals surface area (Å²) in [7, 11) is 3.06. The van der Waals surface area contributed by atoms with Crippen LogP contribution in [0.2, 0.25) is 5.02 Å². The van der Waals surface area contributed by atoms with E-state index in [0.29, 0.717) is 53.1 Å². The second-order valence-electron chi connectivity index (χ2n) is 8.74. The molecule has 2 aromatic carbocycles. The van der Waals surface area contributed by atoms with E-state index in [4.69, 9.17) is 30.2 Å². The van der Waals surface area contributed by atoms with Crippen LogP contribution in [0, 0.1) is 0 Å². The van der Waals surface area contributed by atoms with Crippen LogP contribution in [0.3, 0.4) is 0 Å². The van der Waals surface area contributed by atoms with Crippen LogP contribution in [-0.4, -0.2) is 31.4 Å². The Morgan fingerprint density at radius 2 is 1.85 bits per heavy atom. The molecule has 0 bridgehead atoms. The number of furan rings is 1. The summed E-state index contributed by atoms with van der Waals surface area (Å²) >= 11 is 10.8. The van der Waals surface area contributed by atoms with Crippen LogP contribution in [0.25, 0.3) is 17.4 Å². The van der Waals surface area contributed by atoms with Gasteiger partial charge in [0.15, 0.2) is 16.3 Å². The summed E-state index contributed by atoms with van der Waals surface area (Å²) in [5, 5.41) is 0.629. The van der Waals surface area contributed by atoms with Gasteiger partial charge in [-0.3, -0.25) is 9.36 Å². The Labute approximate surface area is 246 Å². The van der Waals surface area contributed by atoms with Crippen molar-refractivity contribution in [2.24, 2.45) is 4.99 Å². The topological polar surface area (TPSA) is 92.3 Å². The third-order valence-corrected chi connectivity index (χ3v) is 8.27. The van der Waals surface area contributed by atoms with E-state index in [9.17, 15) is 9.59 Å². The number of allylic oxidation sites excluding steroid dienone is 1. The zero-order valence-electron chi connectivity index (χ0n) is 22.0. The highest BCUT2D eigenvalue weighted by Crippen LogP contribution is 2.40. The average Bonchev–Trinajstić information content (AvgIpc) is 3.52. The van der Waals surface area contributed by atoms with E-state index in [1.807, 2.05) is 18.2 Å². The number of thiazole rings is 1. The number of halogens is 2. The number of ether oxygens (including phenoxy) is 3. The number of carbonyl (C=O) groups is 1. The number of aromatic nitrogens is 1. The van der Waals surface area contributed by atoms with E-state index >= 15 is 0 Å². The minimum Gasteiger partial charge on any atom is -0.493 e. The van der Waals surface area contributed by atoms with Crippen molar-refractivity contribution in [3.8, 4) is 22.8 Å². The van der Waals surface area contributed by atoms with Crippen molar-refractivity contribution in [2.45, 2.75) is 19.9 Å². The van der Waals surface area contributed by atoms with Crippen LogP contribution in [0.15, 0.2) is 78.5 Å². The fourth-order valence-electron chi connectivity index (χ4n) is 4.49. The van der Waals surface area contributed by atoms with E-state index < -0.39 is 12.0 Å². The molecule has 40 heavy (non-hydrogen) atoms. The molecule has 0 radical (unpaired) electrons. The molecule has 0 saturated carbocycles.